The van der Waals surface area contributed by atoms with Gasteiger partial charge in [0.25, 0.3) is 0 Å². The molecule has 1 aliphatic rings. The number of amides is 1. The average molecular weight is 297 g/mol. The van der Waals surface area contributed by atoms with E-state index in [0.717, 1.165) is 35.8 Å². The number of nitrogen functional groups attached to an aromatic ring is 1. The molecule has 0 saturated heterocycles. The van der Waals surface area contributed by atoms with Crippen molar-refractivity contribution in [3.63, 3.8) is 0 Å². The van der Waals surface area contributed by atoms with Crippen molar-refractivity contribution in [3.05, 3.63) is 22.7 Å². The van der Waals surface area contributed by atoms with E-state index in [1.54, 1.807) is 12.1 Å². The van der Waals surface area contributed by atoms with Crippen molar-refractivity contribution in [3.8, 4) is 0 Å². The molecular weight excluding hydrogens is 280 g/mol. The van der Waals surface area contributed by atoms with Crippen LogP contribution in [0.2, 0.25) is 0 Å². The van der Waals surface area contributed by atoms with Gasteiger partial charge < -0.3 is 11.1 Å². The number of rotatable bonds is 2. The monoisotopic (exact) mass is 296 g/mol. The van der Waals surface area contributed by atoms with Crippen LogP contribution >= 0.6 is 15.9 Å². The normalized spacial score (nSPS) is 16.8. The largest absolute Gasteiger partial charge is 0.399 e. The van der Waals surface area contributed by atoms with E-state index in [2.05, 4.69) is 21.2 Å². The Labute approximate surface area is 110 Å². The zero-order valence-electron chi connectivity index (χ0n) is 9.71. The summed E-state index contributed by atoms with van der Waals surface area (Å²) in [7, 11) is 0. The molecule has 0 atom stereocenters. The Morgan fingerprint density at radius 1 is 1.29 bits per heavy atom. The highest BCUT2D eigenvalue weighted by Crippen LogP contribution is 2.28. The van der Waals surface area contributed by atoms with E-state index in [1.807, 2.05) is 6.07 Å². The van der Waals surface area contributed by atoms with Gasteiger partial charge in [-0.2, -0.15) is 0 Å². The zero-order chi connectivity index (χ0) is 12.3. The predicted octanol–water partition coefficient (Wildman–Crippen LogP) is 3.55. The Hall–Kier alpha value is -1.03. The van der Waals surface area contributed by atoms with Crippen LogP contribution in [0.25, 0.3) is 0 Å². The van der Waals surface area contributed by atoms with Gasteiger partial charge in [0.1, 0.15) is 0 Å². The zero-order valence-corrected chi connectivity index (χ0v) is 11.3. The van der Waals surface area contributed by atoms with Crippen LogP contribution in [0.5, 0.6) is 0 Å². The molecule has 0 aliphatic heterocycles. The van der Waals surface area contributed by atoms with Crippen molar-refractivity contribution in [1.82, 2.24) is 0 Å². The van der Waals surface area contributed by atoms with Crippen molar-refractivity contribution in [2.75, 3.05) is 11.1 Å². The van der Waals surface area contributed by atoms with E-state index in [4.69, 9.17) is 5.73 Å². The number of hydrogen-bond acceptors (Lipinski definition) is 2. The summed E-state index contributed by atoms with van der Waals surface area (Å²) in [6.45, 7) is 0. The highest BCUT2D eigenvalue weighted by atomic mass is 79.9. The second-order valence-electron chi connectivity index (χ2n) is 4.56. The second kappa shape index (κ2) is 5.54. The highest BCUT2D eigenvalue weighted by molar-refractivity contribution is 9.10. The second-order valence-corrected chi connectivity index (χ2v) is 5.42. The van der Waals surface area contributed by atoms with Gasteiger partial charge in [-0.25, -0.2) is 0 Å². The van der Waals surface area contributed by atoms with E-state index >= 15 is 0 Å². The molecule has 1 aliphatic carbocycles. The molecule has 2 rings (SSSR count). The molecule has 0 spiro atoms. The van der Waals surface area contributed by atoms with E-state index in [0.29, 0.717) is 5.69 Å². The van der Waals surface area contributed by atoms with Gasteiger partial charge in [-0.05, 0) is 47.0 Å². The molecule has 1 aromatic carbocycles. The van der Waals surface area contributed by atoms with Crippen LogP contribution in [0.3, 0.4) is 0 Å². The van der Waals surface area contributed by atoms with Crippen LogP contribution in [0.4, 0.5) is 11.4 Å². The molecule has 0 aromatic heterocycles. The van der Waals surface area contributed by atoms with Gasteiger partial charge in [-0.3, -0.25) is 4.79 Å². The summed E-state index contributed by atoms with van der Waals surface area (Å²) in [4.78, 5) is 12.1. The minimum atomic E-state index is 0.121. The lowest BCUT2D eigenvalue weighted by molar-refractivity contribution is -0.120. The van der Waals surface area contributed by atoms with Crippen molar-refractivity contribution in [2.24, 2.45) is 5.92 Å². The van der Waals surface area contributed by atoms with Crippen molar-refractivity contribution in [2.45, 2.75) is 32.1 Å². The number of carbonyl (C=O) groups excluding carboxylic acids is 1. The maximum Gasteiger partial charge on any atom is 0.227 e. The summed E-state index contributed by atoms with van der Waals surface area (Å²) in [5, 5.41) is 2.95. The first-order valence-electron chi connectivity index (χ1n) is 6.02. The van der Waals surface area contributed by atoms with Gasteiger partial charge in [-0.1, -0.05) is 19.3 Å². The Morgan fingerprint density at radius 3 is 2.71 bits per heavy atom. The number of nitrogens with one attached hydrogen (secondary N) is 1. The van der Waals surface area contributed by atoms with Gasteiger partial charge in [-0.15, -0.1) is 0 Å². The number of benzene rings is 1. The first-order chi connectivity index (χ1) is 8.16. The molecule has 1 amide bonds. The lowest BCUT2D eigenvalue weighted by Gasteiger charge is -2.21. The minimum Gasteiger partial charge on any atom is -0.399 e. The first kappa shape index (κ1) is 12.4. The summed E-state index contributed by atoms with van der Waals surface area (Å²) in [5.74, 6) is 0.285. The molecule has 17 heavy (non-hydrogen) atoms. The number of nitrogens with two attached hydrogens (primary N) is 1. The lowest BCUT2D eigenvalue weighted by Crippen LogP contribution is -2.24. The third kappa shape index (κ3) is 3.22. The van der Waals surface area contributed by atoms with E-state index in [1.165, 1.54) is 6.42 Å². The van der Waals surface area contributed by atoms with E-state index in [9.17, 15) is 4.79 Å². The van der Waals surface area contributed by atoms with Gasteiger partial charge in [0.2, 0.25) is 5.91 Å². The fourth-order valence-corrected chi connectivity index (χ4v) is 2.58. The molecule has 0 heterocycles. The lowest BCUT2D eigenvalue weighted by atomic mass is 9.88. The van der Waals surface area contributed by atoms with Gasteiger partial charge in [0.05, 0.1) is 5.69 Å². The summed E-state index contributed by atoms with van der Waals surface area (Å²) < 4.78 is 0.871. The van der Waals surface area contributed by atoms with Gasteiger partial charge >= 0.3 is 0 Å². The Bertz CT molecular complexity index is 414. The van der Waals surface area contributed by atoms with Crippen LogP contribution < -0.4 is 11.1 Å². The third-order valence-corrected chi connectivity index (χ3v) is 3.92. The highest BCUT2D eigenvalue weighted by Gasteiger charge is 2.21. The van der Waals surface area contributed by atoms with Crippen molar-refractivity contribution in [1.29, 1.82) is 0 Å². The summed E-state index contributed by atoms with van der Waals surface area (Å²) >= 11 is 3.41. The fraction of sp³-hybridized carbons (Fsp3) is 0.462. The standard InChI is InChI=1S/C13H17BrN2O/c14-11-7-6-10(15)8-12(11)16-13(17)9-4-2-1-3-5-9/h6-9H,1-5,15H2,(H,16,17). The number of hydrogen-bond donors (Lipinski definition) is 2. The first-order valence-corrected chi connectivity index (χ1v) is 6.82. The van der Waals surface area contributed by atoms with Gasteiger partial charge in [0, 0.05) is 16.1 Å². The average Bonchev–Trinajstić information content (AvgIpc) is 2.35. The number of carbonyl (C=O) groups is 1. The SMILES string of the molecule is Nc1ccc(Br)c(NC(=O)C2CCCCC2)c1. The molecule has 3 N–H and O–H groups in total. The van der Waals surface area contributed by atoms with Crippen LogP contribution in [-0.2, 0) is 4.79 Å². The number of halogens is 1. The molecule has 4 heteroatoms. The third-order valence-electron chi connectivity index (χ3n) is 3.22. The fourth-order valence-electron chi connectivity index (χ4n) is 2.24. The molecular formula is C13H17BrN2O. The minimum absolute atomic E-state index is 0.121. The summed E-state index contributed by atoms with van der Waals surface area (Å²) in [5.41, 5.74) is 7.13. The Morgan fingerprint density at radius 2 is 2.00 bits per heavy atom. The Kier molecular flexibility index (Phi) is 4.05. The van der Waals surface area contributed by atoms with E-state index < -0.39 is 0 Å². The van der Waals surface area contributed by atoms with Crippen LogP contribution in [-0.4, -0.2) is 5.91 Å². The molecule has 0 unspecified atom stereocenters. The molecule has 3 nitrogen and oxygen atoms in total. The van der Waals surface area contributed by atoms with Crippen LogP contribution in [0, 0.1) is 5.92 Å². The van der Waals surface area contributed by atoms with Crippen molar-refractivity contribution < 1.29 is 4.79 Å². The predicted molar refractivity (Wildman–Crippen MR) is 73.8 cm³/mol. The quantitative estimate of drug-likeness (QED) is 0.820. The molecule has 0 bridgehead atoms. The number of anilines is 2. The maximum absolute atomic E-state index is 12.1. The van der Waals surface area contributed by atoms with Crippen molar-refractivity contribution >= 4 is 33.2 Å². The Balaban J connectivity index is 2.04. The summed E-state index contributed by atoms with van der Waals surface area (Å²) in [6, 6.07) is 5.44. The van der Waals surface area contributed by atoms with Crippen LogP contribution in [0.15, 0.2) is 22.7 Å². The van der Waals surface area contributed by atoms with Gasteiger partial charge in [0.15, 0.2) is 0 Å². The molecule has 1 aromatic rings. The molecule has 92 valence electrons. The van der Waals surface area contributed by atoms with E-state index in [-0.39, 0.29) is 11.8 Å². The topological polar surface area (TPSA) is 55.1 Å². The molecule has 0 radical (unpaired) electrons. The summed E-state index contributed by atoms with van der Waals surface area (Å²) in [6.07, 6.45) is 5.59. The maximum atomic E-state index is 12.1. The van der Waals surface area contributed by atoms with Crippen LogP contribution in [0.1, 0.15) is 32.1 Å². The molecule has 1 saturated carbocycles. The smallest absolute Gasteiger partial charge is 0.227 e. The molecule has 1 fully saturated rings.